The smallest absolute Gasteiger partial charge is 0.282 e. The Hall–Kier alpha value is -0.170. The Balaban J connectivity index is 2.10. The Kier molecular flexibility index (Phi) is 5.34. The van der Waals surface area contributed by atoms with Crippen molar-refractivity contribution in [2.45, 2.75) is 76.9 Å². The van der Waals surface area contributed by atoms with Gasteiger partial charge in [0.1, 0.15) is 0 Å². The molecule has 1 aliphatic heterocycles. The fourth-order valence-electron chi connectivity index (χ4n) is 2.76. The molecule has 1 saturated carbocycles. The Morgan fingerprint density at radius 1 is 1.24 bits per heavy atom. The number of nitrogens with one attached hydrogen (secondary N) is 1. The molecule has 6 heteroatoms. The van der Waals surface area contributed by atoms with Crippen LogP contribution in [0.4, 0.5) is 0 Å². The lowest BCUT2D eigenvalue weighted by molar-refractivity contribution is 0.194. The summed E-state index contributed by atoms with van der Waals surface area (Å²) in [6, 6.07) is 0.737. The number of hydrogen-bond acceptors (Lipinski definition) is 3. The van der Waals surface area contributed by atoms with E-state index in [1.54, 1.807) is 15.7 Å². The van der Waals surface area contributed by atoms with Gasteiger partial charge in [0.15, 0.2) is 0 Å². The predicted octanol–water partition coefficient (Wildman–Crippen LogP) is 1.96. The third-order valence-electron chi connectivity index (χ3n) is 5.15. The normalized spacial score (nSPS) is 25.5. The van der Waals surface area contributed by atoms with Crippen molar-refractivity contribution in [1.29, 1.82) is 0 Å². The lowest BCUT2D eigenvalue weighted by Gasteiger charge is -2.42. The summed E-state index contributed by atoms with van der Waals surface area (Å²) in [5, 5.41) is 3.50. The molecule has 1 atom stereocenters. The standard InChI is InChI=1S/C15H31N3O2S/c1-5-15(2,3)17(4)21(19,20)18-11-7-6-8-14(18)12-16-13-9-10-13/h13-14,16H,5-12H2,1-4H3. The summed E-state index contributed by atoms with van der Waals surface area (Å²) in [6.07, 6.45) is 6.36. The maximum Gasteiger partial charge on any atom is 0.282 e. The van der Waals surface area contributed by atoms with Crippen molar-refractivity contribution in [3.63, 3.8) is 0 Å². The molecule has 2 rings (SSSR count). The molecule has 0 aromatic heterocycles. The van der Waals surface area contributed by atoms with Gasteiger partial charge in [-0.2, -0.15) is 17.0 Å². The van der Waals surface area contributed by atoms with Crippen molar-refractivity contribution in [3.8, 4) is 0 Å². The SMILES string of the molecule is CCC(C)(C)N(C)S(=O)(=O)N1CCCCC1CNC1CC1. The molecule has 2 aliphatic rings. The van der Waals surface area contributed by atoms with Crippen molar-refractivity contribution in [1.82, 2.24) is 13.9 Å². The Labute approximate surface area is 130 Å². The van der Waals surface area contributed by atoms with E-state index in [4.69, 9.17) is 0 Å². The van der Waals surface area contributed by atoms with Gasteiger partial charge in [-0.1, -0.05) is 13.3 Å². The largest absolute Gasteiger partial charge is 0.312 e. The number of hydrogen-bond donors (Lipinski definition) is 1. The van der Waals surface area contributed by atoms with Crippen LogP contribution < -0.4 is 5.32 Å². The minimum atomic E-state index is -3.38. The highest BCUT2D eigenvalue weighted by molar-refractivity contribution is 7.86. The van der Waals surface area contributed by atoms with Crippen molar-refractivity contribution in [2.75, 3.05) is 20.1 Å². The van der Waals surface area contributed by atoms with Crippen molar-refractivity contribution < 1.29 is 8.42 Å². The lowest BCUT2D eigenvalue weighted by atomic mass is 10.0. The second kappa shape index (κ2) is 6.52. The van der Waals surface area contributed by atoms with E-state index in [0.29, 0.717) is 12.6 Å². The summed E-state index contributed by atoms with van der Waals surface area (Å²) in [4.78, 5) is 0. The number of piperidine rings is 1. The van der Waals surface area contributed by atoms with E-state index in [0.717, 1.165) is 32.2 Å². The van der Waals surface area contributed by atoms with E-state index in [1.165, 1.54) is 12.8 Å². The Morgan fingerprint density at radius 3 is 2.48 bits per heavy atom. The van der Waals surface area contributed by atoms with Crippen molar-refractivity contribution in [3.05, 3.63) is 0 Å². The van der Waals surface area contributed by atoms with Gasteiger partial charge in [-0.25, -0.2) is 0 Å². The average molecular weight is 317 g/mol. The van der Waals surface area contributed by atoms with Crippen LogP contribution in [0.2, 0.25) is 0 Å². The molecule has 0 spiro atoms. The summed E-state index contributed by atoms with van der Waals surface area (Å²) in [5.74, 6) is 0. The summed E-state index contributed by atoms with van der Waals surface area (Å²) >= 11 is 0. The molecule has 1 saturated heterocycles. The maximum atomic E-state index is 13.0. The Morgan fingerprint density at radius 2 is 1.90 bits per heavy atom. The minimum Gasteiger partial charge on any atom is -0.312 e. The third kappa shape index (κ3) is 3.97. The fraction of sp³-hybridized carbons (Fsp3) is 1.00. The first kappa shape index (κ1) is 17.2. The summed E-state index contributed by atoms with van der Waals surface area (Å²) < 4.78 is 29.3. The molecule has 1 aliphatic carbocycles. The van der Waals surface area contributed by atoms with E-state index in [2.05, 4.69) is 5.32 Å². The molecule has 2 fully saturated rings. The van der Waals surface area contributed by atoms with Gasteiger partial charge >= 0.3 is 0 Å². The van der Waals surface area contributed by atoms with Crippen LogP contribution in [-0.2, 0) is 10.2 Å². The first-order valence-corrected chi connectivity index (χ1v) is 9.68. The van der Waals surface area contributed by atoms with Gasteiger partial charge in [-0.3, -0.25) is 0 Å². The molecule has 21 heavy (non-hydrogen) atoms. The first-order valence-electron chi connectivity index (χ1n) is 8.28. The van der Waals surface area contributed by atoms with Crippen LogP contribution in [0.3, 0.4) is 0 Å². The van der Waals surface area contributed by atoms with Crippen LogP contribution in [0.15, 0.2) is 0 Å². The van der Waals surface area contributed by atoms with Gasteiger partial charge in [0.2, 0.25) is 0 Å². The monoisotopic (exact) mass is 317 g/mol. The maximum absolute atomic E-state index is 13.0. The molecule has 0 aromatic carbocycles. The molecule has 1 heterocycles. The third-order valence-corrected chi connectivity index (χ3v) is 7.41. The van der Waals surface area contributed by atoms with E-state index >= 15 is 0 Å². The predicted molar refractivity (Wildman–Crippen MR) is 86.4 cm³/mol. The number of rotatable bonds is 7. The van der Waals surface area contributed by atoms with Gasteiger partial charge in [-0.05, 0) is 46.0 Å². The van der Waals surface area contributed by atoms with Gasteiger partial charge in [0, 0.05) is 37.8 Å². The van der Waals surface area contributed by atoms with Crippen molar-refractivity contribution in [2.24, 2.45) is 0 Å². The zero-order valence-electron chi connectivity index (χ0n) is 13.9. The second-order valence-corrected chi connectivity index (χ2v) is 9.00. The molecule has 1 unspecified atom stereocenters. The minimum absolute atomic E-state index is 0.111. The highest BCUT2D eigenvalue weighted by Crippen LogP contribution is 2.28. The molecule has 124 valence electrons. The van der Waals surface area contributed by atoms with Crippen LogP contribution in [-0.4, -0.2) is 54.8 Å². The van der Waals surface area contributed by atoms with Crippen LogP contribution in [0, 0.1) is 0 Å². The zero-order chi connectivity index (χ0) is 15.7. The summed E-state index contributed by atoms with van der Waals surface area (Å²) in [7, 11) is -1.66. The molecule has 0 bridgehead atoms. The summed E-state index contributed by atoms with van der Waals surface area (Å²) in [6.45, 7) is 7.47. The van der Waals surface area contributed by atoms with E-state index in [9.17, 15) is 8.42 Å². The zero-order valence-corrected chi connectivity index (χ0v) is 14.7. The molecular formula is C15H31N3O2S. The second-order valence-electron chi connectivity index (χ2n) is 7.08. The molecule has 0 aromatic rings. The van der Waals surface area contributed by atoms with Crippen LogP contribution >= 0.6 is 0 Å². The topological polar surface area (TPSA) is 52.7 Å². The molecule has 5 nitrogen and oxygen atoms in total. The van der Waals surface area contributed by atoms with Gasteiger partial charge in [0.25, 0.3) is 10.2 Å². The Bertz CT molecular complexity index is 446. The molecule has 0 radical (unpaired) electrons. The van der Waals surface area contributed by atoms with Gasteiger partial charge < -0.3 is 5.32 Å². The van der Waals surface area contributed by atoms with Crippen LogP contribution in [0.1, 0.15) is 59.3 Å². The summed E-state index contributed by atoms with van der Waals surface area (Å²) in [5.41, 5.74) is -0.343. The fourth-order valence-corrected chi connectivity index (χ4v) is 4.75. The number of nitrogens with zero attached hydrogens (tertiary/aromatic N) is 2. The average Bonchev–Trinajstić information content (AvgIpc) is 3.28. The van der Waals surface area contributed by atoms with E-state index in [-0.39, 0.29) is 11.6 Å². The van der Waals surface area contributed by atoms with E-state index in [1.807, 2.05) is 20.8 Å². The van der Waals surface area contributed by atoms with Crippen LogP contribution in [0.25, 0.3) is 0 Å². The molecular weight excluding hydrogens is 286 g/mol. The molecule has 0 amide bonds. The quantitative estimate of drug-likeness (QED) is 0.781. The van der Waals surface area contributed by atoms with Crippen LogP contribution in [0.5, 0.6) is 0 Å². The lowest BCUT2D eigenvalue weighted by Crippen LogP contribution is -2.57. The van der Waals surface area contributed by atoms with Crippen molar-refractivity contribution >= 4 is 10.2 Å². The highest BCUT2D eigenvalue weighted by Gasteiger charge is 2.40. The van der Waals surface area contributed by atoms with E-state index < -0.39 is 10.2 Å². The highest BCUT2D eigenvalue weighted by atomic mass is 32.2. The van der Waals surface area contributed by atoms with Gasteiger partial charge in [0.05, 0.1) is 0 Å². The first-order chi connectivity index (χ1) is 9.79. The molecule has 1 N–H and O–H groups in total. The van der Waals surface area contributed by atoms with Gasteiger partial charge in [-0.15, -0.1) is 0 Å².